The van der Waals surface area contributed by atoms with E-state index < -0.39 is 12.1 Å². The topological polar surface area (TPSA) is 72.6 Å². The lowest BCUT2D eigenvalue weighted by Crippen LogP contribution is -2.48. The van der Waals surface area contributed by atoms with Crippen molar-refractivity contribution in [1.29, 1.82) is 0 Å². The van der Waals surface area contributed by atoms with Gasteiger partial charge in [-0.3, -0.25) is 0 Å². The molecular weight excluding hydrogens is 304 g/mol. The minimum absolute atomic E-state index is 0.262. The van der Waals surface area contributed by atoms with E-state index in [1.807, 2.05) is 60.7 Å². The van der Waals surface area contributed by atoms with Crippen LogP contribution in [0.4, 0.5) is 4.79 Å². The molecule has 1 amide bonds. The molecular formula is C19H22N2O3. The van der Waals surface area contributed by atoms with Gasteiger partial charge in [-0.25, -0.2) is 15.6 Å². The maximum absolute atomic E-state index is 12.0. The Morgan fingerprint density at radius 2 is 1.62 bits per heavy atom. The number of rotatable bonds is 8. The third-order valence-electron chi connectivity index (χ3n) is 3.69. The Morgan fingerprint density at radius 3 is 2.21 bits per heavy atom. The standard InChI is InChI=1S/C19H22N2O3/c20-21(18(15-22)14-17-10-5-2-6-11-17)19(23)24-13-7-12-16-8-3-1-4-9-16/h1-6,8-11,15,18H,7,12-14,20H2. The molecule has 1 atom stereocenters. The lowest BCUT2D eigenvalue weighted by molar-refractivity contribution is -0.112. The predicted molar refractivity (Wildman–Crippen MR) is 92.1 cm³/mol. The molecule has 0 spiro atoms. The predicted octanol–water partition coefficient (Wildman–Crippen LogP) is 2.74. The zero-order valence-corrected chi connectivity index (χ0v) is 13.5. The summed E-state index contributed by atoms with van der Waals surface area (Å²) in [6.45, 7) is 0.262. The van der Waals surface area contributed by atoms with Crippen LogP contribution in [0.5, 0.6) is 0 Å². The fourth-order valence-electron chi connectivity index (χ4n) is 2.36. The van der Waals surface area contributed by atoms with Crippen LogP contribution in [0.1, 0.15) is 17.5 Å². The molecule has 0 aliphatic rings. The van der Waals surface area contributed by atoms with Crippen LogP contribution in [0.3, 0.4) is 0 Å². The van der Waals surface area contributed by atoms with Crippen molar-refractivity contribution in [1.82, 2.24) is 5.01 Å². The number of nitrogens with two attached hydrogens (primary N) is 1. The van der Waals surface area contributed by atoms with Crippen molar-refractivity contribution >= 4 is 12.4 Å². The number of aryl methyl sites for hydroxylation is 1. The van der Waals surface area contributed by atoms with Crippen molar-refractivity contribution < 1.29 is 14.3 Å². The van der Waals surface area contributed by atoms with Gasteiger partial charge >= 0.3 is 6.09 Å². The second-order valence-electron chi connectivity index (χ2n) is 5.50. The quantitative estimate of drug-likeness (QED) is 0.266. The van der Waals surface area contributed by atoms with Crippen LogP contribution < -0.4 is 5.84 Å². The van der Waals surface area contributed by atoms with E-state index in [0.717, 1.165) is 17.0 Å². The van der Waals surface area contributed by atoms with Crippen molar-refractivity contribution in [2.45, 2.75) is 25.3 Å². The summed E-state index contributed by atoms with van der Waals surface area (Å²) in [5.41, 5.74) is 2.12. The number of carbonyl (C=O) groups excluding carboxylic acids is 2. The summed E-state index contributed by atoms with van der Waals surface area (Å²) in [7, 11) is 0. The Balaban J connectivity index is 1.76. The van der Waals surface area contributed by atoms with Gasteiger partial charge in [-0.2, -0.15) is 0 Å². The number of hydrazine groups is 1. The number of ether oxygens (including phenoxy) is 1. The zero-order chi connectivity index (χ0) is 17.2. The van der Waals surface area contributed by atoms with Crippen LogP contribution in [0.15, 0.2) is 60.7 Å². The first-order valence-electron chi connectivity index (χ1n) is 7.94. The third-order valence-corrected chi connectivity index (χ3v) is 3.69. The van der Waals surface area contributed by atoms with Crippen molar-refractivity contribution in [3.63, 3.8) is 0 Å². The highest BCUT2D eigenvalue weighted by Crippen LogP contribution is 2.07. The Labute approximate surface area is 142 Å². The maximum Gasteiger partial charge on any atom is 0.424 e. The number of hydrogen-bond donors (Lipinski definition) is 1. The van der Waals surface area contributed by atoms with Gasteiger partial charge in [-0.15, -0.1) is 0 Å². The molecule has 126 valence electrons. The minimum Gasteiger partial charge on any atom is -0.448 e. The van der Waals surface area contributed by atoms with E-state index in [9.17, 15) is 9.59 Å². The molecule has 0 aromatic heterocycles. The molecule has 0 radical (unpaired) electrons. The number of benzene rings is 2. The van der Waals surface area contributed by atoms with Gasteiger partial charge in [-0.1, -0.05) is 60.7 Å². The summed E-state index contributed by atoms with van der Waals surface area (Å²) in [6, 6.07) is 18.6. The van der Waals surface area contributed by atoms with E-state index in [2.05, 4.69) is 0 Å². The molecule has 24 heavy (non-hydrogen) atoms. The summed E-state index contributed by atoms with van der Waals surface area (Å²) in [4.78, 5) is 23.2. The van der Waals surface area contributed by atoms with Crippen LogP contribution in [0, 0.1) is 0 Å². The van der Waals surface area contributed by atoms with Crippen molar-refractivity contribution in [3.8, 4) is 0 Å². The molecule has 5 nitrogen and oxygen atoms in total. The summed E-state index contributed by atoms with van der Waals surface area (Å²) in [5, 5.41) is 0.864. The fraction of sp³-hybridized carbons (Fsp3) is 0.263. The smallest absolute Gasteiger partial charge is 0.424 e. The fourth-order valence-corrected chi connectivity index (χ4v) is 2.36. The first-order chi connectivity index (χ1) is 11.7. The molecule has 0 bridgehead atoms. The summed E-state index contributed by atoms with van der Waals surface area (Å²) >= 11 is 0. The molecule has 0 saturated heterocycles. The first-order valence-corrected chi connectivity index (χ1v) is 7.94. The van der Waals surface area contributed by atoms with Crippen molar-refractivity contribution in [2.75, 3.05) is 6.61 Å². The van der Waals surface area contributed by atoms with E-state index in [-0.39, 0.29) is 6.61 Å². The van der Waals surface area contributed by atoms with E-state index in [1.54, 1.807) is 0 Å². The van der Waals surface area contributed by atoms with Crippen molar-refractivity contribution in [2.24, 2.45) is 5.84 Å². The van der Waals surface area contributed by atoms with Gasteiger partial charge in [0.25, 0.3) is 0 Å². The van der Waals surface area contributed by atoms with Gasteiger partial charge in [0.1, 0.15) is 12.3 Å². The SMILES string of the molecule is NN(C(=O)OCCCc1ccccc1)C(C=O)Cc1ccccc1. The second-order valence-corrected chi connectivity index (χ2v) is 5.50. The van der Waals surface area contributed by atoms with E-state index in [1.165, 1.54) is 5.56 Å². The van der Waals surface area contributed by atoms with E-state index in [4.69, 9.17) is 10.6 Å². The average molecular weight is 326 g/mol. The number of nitrogens with zero attached hydrogens (tertiary/aromatic N) is 1. The first kappa shape index (κ1) is 17.7. The van der Waals surface area contributed by atoms with Gasteiger partial charge in [0, 0.05) is 6.42 Å². The summed E-state index contributed by atoms with van der Waals surface area (Å²) in [6.07, 6.45) is 1.86. The highest BCUT2D eigenvalue weighted by molar-refractivity contribution is 5.72. The highest BCUT2D eigenvalue weighted by atomic mass is 16.6. The molecule has 0 heterocycles. The normalized spacial score (nSPS) is 11.5. The van der Waals surface area contributed by atoms with Crippen LogP contribution in [-0.2, 0) is 22.4 Å². The van der Waals surface area contributed by atoms with Gasteiger partial charge in [0.15, 0.2) is 0 Å². The maximum atomic E-state index is 12.0. The van der Waals surface area contributed by atoms with Crippen molar-refractivity contribution in [3.05, 3.63) is 71.8 Å². The molecule has 0 fully saturated rings. The minimum atomic E-state index is -0.742. The number of carbonyl (C=O) groups is 2. The Morgan fingerprint density at radius 1 is 1.04 bits per heavy atom. The van der Waals surface area contributed by atoms with Gasteiger partial charge < -0.3 is 9.53 Å². The lowest BCUT2D eigenvalue weighted by atomic mass is 10.1. The second kappa shape index (κ2) is 9.47. The summed E-state index contributed by atoms with van der Waals surface area (Å²) < 4.78 is 5.15. The molecule has 0 aliphatic heterocycles. The van der Waals surface area contributed by atoms with Gasteiger partial charge in [-0.05, 0) is 24.0 Å². The zero-order valence-electron chi connectivity index (χ0n) is 13.5. The number of aldehydes is 1. The molecule has 0 aliphatic carbocycles. The van der Waals surface area contributed by atoms with E-state index >= 15 is 0 Å². The van der Waals surface area contributed by atoms with Gasteiger partial charge in [0.05, 0.1) is 6.61 Å². The average Bonchev–Trinajstić information content (AvgIpc) is 2.64. The van der Waals surface area contributed by atoms with E-state index in [0.29, 0.717) is 19.1 Å². The van der Waals surface area contributed by atoms with Crippen LogP contribution in [0.25, 0.3) is 0 Å². The molecule has 2 N–H and O–H groups in total. The monoisotopic (exact) mass is 326 g/mol. The van der Waals surface area contributed by atoms with Crippen LogP contribution >= 0.6 is 0 Å². The number of hydrogen-bond acceptors (Lipinski definition) is 4. The largest absolute Gasteiger partial charge is 0.448 e. The molecule has 0 saturated carbocycles. The molecule has 2 aromatic carbocycles. The lowest BCUT2D eigenvalue weighted by Gasteiger charge is -2.22. The molecule has 5 heteroatoms. The molecule has 2 rings (SSSR count). The van der Waals surface area contributed by atoms with Crippen LogP contribution in [-0.4, -0.2) is 30.0 Å². The van der Waals surface area contributed by atoms with Gasteiger partial charge in [0.2, 0.25) is 0 Å². The Hall–Kier alpha value is -2.66. The Kier molecular flexibility index (Phi) is 6.98. The summed E-state index contributed by atoms with van der Waals surface area (Å²) in [5.74, 6) is 5.74. The number of amides is 1. The van der Waals surface area contributed by atoms with Crippen LogP contribution in [0.2, 0.25) is 0 Å². The molecule has 2 aromatic rings. The Bertz CT molecular complexity index is 632. The third kappa shape index (κ3) is 5.52. The highest BCUT2D eigenvalue weighted by Gasteiger charge is 2.21. The molecule has 1 unspecified atom stereocenters.